The van der Waals surface area contributed by atoms with Gasteiger partial charge in [0.05, 0.1) is 17.7 Å². The average molecular weight is 537 g/mol. The number of nitrogens with zero attached hydrogens (tertiary/aromatic N) is 2. The Labute approximate surface area is 236 Å². The first kappa shape index (κ1) is 27.4. The van der Waals surface area contributed by atoms with Crippen LogP contribution in [0.5, 0.6) is 0 Å². The van der Waals surface area contributed by atoms with E-state index in [9.17, 15) is 9.59 Å². The molecular weight excluding hydrogens is 500 g/mol. The van der Waals surface area contributed by atoms with Gasteiger partial charge < -0.3 is 14.2 Å². The van der Waals surface area contributed by atoms with Crippen LogP contribution in [0.3, 0.4) is 0 Å². The van der Waals surface area contributed by atoms with E-state index in [4.69, 9.17) is 9.26 Å². The summed E-state index contributed by atoms with van der Waals surface area (Å²) in [5.41, 5.74) is 7.42. The van der Waals surface area contributed by atoms with Crippen LogP contribution in [0, 0.1) is 13.8 Å². The molecule has 0 atom stereocenters. The summed E-state index contributed by atoms with van der Waals surface area (Å²) in [6.07, 6.45) is 2.60. The van der Waals surface area contributed by atoms with Gasteiger partial charge in [-0.3, -0.25) is 9.59 Å². The van der Waals surface area contributed by atoms with Gasteiger partial charge in [0, 0.05) is 29.8 Å². The maximum absolute atomic E-state index is 13.2. The first-order valence-electron chi connectivity index (χ1n) is 14.1. The maximum Gasteiger partial charge on any atom is 0.316 e. The van der Waals surface area contributed by atoms with Gasteiger partial charge in [0.15, 0.2) is 5.76 Å². The van der Waals surface area contributed by atoms with Crippen molar-refractivity contribution < 1.29 is 18.8 Å². The summed E-state index contributed by atoms with van der Waals surface area (Å²) in [7, 11) is 0. The highest BCUT2D eigenvalue weighted by Gasteiger charge is 2.52. The summed E-state index contributed by atoms with van der Waals surface area (Å²) < 4.78 is 11.0. The van der Waals surface area contributed by atoms with Gasteiger partial charge >= 0.3 is 5.97 Å². The van der Waals surface area contributed by atoms with Gasteiger partial charge in [-0.15, -0.1) is 0 Å². The molecule has 1 aliphatic rings. The van der Waals surface area contributed by atoms with Crippen LogP contribution in [-0.4, -0.2) is 30.2 Å². The molecule has 0 radical (unpaired) electrons. The third-order valence-corrected chi connectivity index (χ3v) is 7.93. The zero-order valence-electron chi connectivity index (χ0n) is 23.7. The van der Waals surface area contributed by atoms with E-state index in [1.54, 1.807) is 0 Å². The molecule has 0 unspecified atom stereocenters. The minimum atomic E-state index is -0.464. The lowest BCUT2D eigenvalue weighted by Gasteiger charge is -2.23. The molecule has 0 aliphatic heterocycles. The lowest BCUT2D eigenvalue weighted by Crippen LogP contribution is -2.31. The Morgan fingerprint density at radius 3 is 2.12 bits per heavy atom. The largest absolute Gasteiger partial charge is 0.465 e. The molecule has 6 nitrogen and oxygen atoms in total. The Bertz CT molecular complexity index is 1500. The second kappa shape index (κ2) is 11.5. The van der Waals surface area contributed by atoms with Crippen LogP contribution < -0.4 is 4.90 Å². The molecule has 0 bridgehead atoms. The molecule has 40 heavy (non-hydrogen) atoms. The van der Waals surface area contributed by atoms with Crippen molar-refractivity contribution in [3.05, 3.63) is 95.2 Å². The lowest BCUT2D eigenvalue weighted by atomic mass is 9.93. The molecule has 1 amide bonds. The zero-order chi connectivity index (χ0) is 28.3. The number of hydrogen-bond donors (Lipinski definition) is 0. The quantitative estimate of drug-likeness (QED) is 0.200. The van der Waals surface area contributed by atoms with Gasteiger partial charge in [-0.05, 0) is 75.3 Å². The van der Waals surface area contributed by atoms with E-state index < -0.39 is 5.41 Å². The topological polar surface area (TPSA) is 72.6 Å². The van der Waals surface area contributed by atoms with Crippen LogP contribution in [-0.2, 0) is 26.2 Å². The number of anilines is 1. The molecule has 1 aliphatic carbocycles. The van der Waals surface area contributed by atoms with Crippen molar-refractivity contribution in [2.75, 3.05) is 18.1 Å². The second-order valence-electron chi connectivity index (χ2n) is 10.5. The molecule has 3 aromatic carbocycles. The number of aryl methyl sites for hydroxylation is 2. The fraction of sp³-hybridized carbons (Fsp3) is 0.324. The van der Waals surface area contributed by atoms with Crippen molar-refractivity contribution in [3.63, 3.8) is 0 Å². The molecule has 1 heterocycles. The van der Waals surface area contributed by atoms with E-state index in [1.165, 1.54) is 0 Å². The molecule has 1 fully saturated rings. The Hall–Kier alpha value is -4.19. The summed E-state index contributed by atoms with van der Waals surface area (Å²) >= 11 is 0. The Morgan fingerprint density at radius 2 is 1.52 bits per heavy atom. The predicted octanol–water partition coefficient (Wildman–Crippen LogP) is 7.21. The zero-order valence-corrected chi connectivity index (χ0v) is 23.7. The average Bonchev–Trinajstić information content (AvgIpc) is 3.71. The minimum absolute atomic E-state index is 0.0816. The van der Waals surface area contributed by atoms with E-state index in [0.717, 1.165) is 57.6 Å². The van der Waals surface area contributed by atoms with Crippen molar-refractivity contribution >= 4 is 17.6 Å². The fourth-order valence-corrected chi connectivity index (χ4v) is 5.42. The SMILES string of the molecule is CCOC(=O)C1(c2ccc(-c3ccc(-c4onc(C)c4CCC(=O)N(CC)c4ccccc4C)cc3)cc2)CC1. The van der Waals surface area contributed by atoms with Crippen molar-refractivity contribution in [1.82, 2.24) is 5.16 Å². The van der Waals surface area contributed by atoms with Crippen molar-refractivity contribution in [3.8, 4) is 22.5 Å². The van der Waals surface area contributed by atoms with E-state index >= 15 is 0 Å². The Balaban J connectivity index is 1.29. The third kappa shape index (κ3) is 5.31. The molecule has 0 spiro atoms. The number of para-hydroxylation sites is 1. The molecule has 5 rings (SSSR count). The van der Waals surface area contributed by atoms with E-state index in [-0.39, 0.29) is 11.9 Å². The molecule has 206 valence electrons. The smallest absolute Gasteiger partial charge is 0.316 e. The van der Waals surface area contributed by atoms with Crippen LogP contribution in [0.1, 0.15) is 55.5 Å². The first-order chi connectivity index (χ1) is 19.4. The highest BCUT2D eigenvalue weighted by atomic mass is 16.5. The van der Waals surface area contributed by atoms with Crippen LogP contribution in [0.2, 0.25) is 0 Å². The predicted molar refractivity (Wildman–Crippen MR) is 157 cm³/mol. The van der Waals surface area contributed by atoms with E-state index in [0.29, 0.717) is 31.8 Å². The number of amides is 1. The maximum atomic E-state index is 13.2. The number of rotatable bonds is 10. The van der Waals surface area contributed by atoms with Gasteiger partial charge in [0.25, 0.3) is 0 Å². The van der Waals surface area contributed by atoms with Gasteiger partial charge in [-0.2, -0.15) is 0 Å². The van der Waals surface area contributed by atoms with Crippen LogP contribution in [0.4, 0.5) is 5.69 Å². The molecule has 1 aromatic heterocycles. The second-order valence-corrected chi connectivity index (χ2v) is 10.5. The molecule has 6 heteroatoms. The molecule has 4 aromatic rings. The van der Waals surface area contributed by atoms with Gasteiger partial charge in [0.2, 0.25) is 5.91 Å². The van der Waals surface area contributed by atoms with Crippen LogP contribution >= 0.6 is 0 Å². The Morgan fingerprint density at radius 1 is 0.900 bits per heavy atom. The monoisotopic (exact) mass is 536 g/mol. The Kier molecular flexibility index (Phi) is 7.88. The van der Waals surface area contributed by atoms with Gasteiger partial charge in [-0.1, -0.05) is 71.9 Å². The van der Waals surface area contributed by atoms with Crippen LogP contribution in [0.25, 0.3) is 22.5 Å². The minimum Gasteiger partial charge on any atom is -0.465 e. The summed E-state index contributed by atoms with van der Waals surface area (Å²) in [4.78, 5) is 27.5. The number of carbonyl (C=O) groups is 2. The number of esters is 1. The van der Waals surface area contributed by atoms with Gasteiger partial charge in [-0.25, -0.2) is 0 Å². The van der Waals surface area contributed by atoms with Crippen molar-refractivity contribution in [2.24, 2.45) is 0 Å². The summed E-state index contributed by atoms with van der Waals surface area (Å²) in [5, 5.41) is 4.22. The van der Waals surface area contributed by atoms with Crippen LogP contribution in [0.15, 0.2) is 77.3 Å². The number of hydrogen-bond acceptors (Lipinski definition) is 5. The first-order valence-corrected chi connectivity index (χ1v) is 14.1. The number of carbonyl (C=O) groups excluding carboxylic acids is 2. The van der Waals surface area contributed by atoms with Gasteiger partial charge in [0.1, 0.15) is 0 Å². The number of aromatic nitrogens is 1. The van der Waals surface area contributed by atoms with E-state index in [1.807, 2.05) is 81.1 Å². The highest BCUT2D eigenvalue weighted by molar-refractivity contribution is 5.94. The lowest BCUT2D eigenvalue weighted by molar-refractivity contribution is -0.146. The normalized spacial score (nSPS) is 13.6. The number of benzene rings is 3. The van der Waals surface area contributed by atoms with Crippen molar-refractivity contribution in [2.45, 2.75) is 58.8 Å². The summed E-state index contributed by atoms with van der Waals surface area (Å²) in [6, 6.07) is 24.4. The number of ether oxygens (including phenoxy) is 1. The molecular formula is C34H36N2O4. The summed E-state index contributed by atoms with van der Waals surface area (Å²) in [6.45, 7) is 8.81. The van der Waals surface area contributed by atoms with E-state index in [2.05, 4.69) is 29.4 Å². The fourth-order valence-electron chi connectivity index (χ4n) is 5.42. The highest BCUT2D eigenvalue weighted by Crippen LogP contribution is 2.49. The molecule has 0 N–H and O–H groups in total. The molecule has 1 saturated carbocycles. The third-order valence-electron chi connectivity index (χ3n) is 7.93. The van der Waals surface area contributed by atoms with Crippen molar-refractivity contribution in [1.29, 1.82) is 0 Å². The molecule has 0 saturated heterocycles. The summed E-state index contributed by atoms with van der Waals surface area (Å²) in [5.74, 6) is 0.666. The standard InChI is InChI=1S/C34H36N2O4/c1-5-36(30-10-8-7-9-23(30)3)31(37)20-19-29-24(4)35-40-32(29)27-13-11-25(12-14-27)26-15-17-28(18-16-26)34(21-22-34)33(38)39-6-2/h7-18H,5-6,19-22H2,1-4H3.